The van der Waals surface area contributed by atoms with Gasteiger partial charge in [0.25, 0.3) is 15.9 Å². The maximum atomic E-state index is 13.2. The Bertz CT molecular complexity index is 1550. The molecule has 0 radical (unpaired) electrons. The largest absolute Gasteiger partial charge is 0.495 e. The highest BCUT2D eigenvalue weighted by atomic mass is 35.5. The van der Waals surface area contributed by atoms with Gasteiger partial charge < -0.3 is 10.1 Å². The summed E-state index contributed by atoms with van der Waals surface area (Å²) in [6.45, 7) is 2.54. The molecule has 12 heteroatoms. The molecule has 0 saturated carbocycles. The lowest BCUT2D eigenvalue weighted by Gasteiger charge is -2.17. The number of hydrogen-bond acceptors (Lipinski definition) is 6. The average Bonchev–Trinajstić information content (AvgIpc) is 3.41. The summed E-state index contributed by atoms with van der Waals surface area (Å²) < 4.78 is 61.1. The lowest BCUT2D eigenvalue weighted by Crippen LogP contribution is -2.28. The maximum absolute atomic E-state index is 13.2. The number of carbonyl (C=O) groups excluding carboxylic acids is 1. The SMILES string of the molecule is COc1ccccc1NS(=O)(=O)c1ccc(C)c(C(=O)Nc2cc(S(=O)(=O)N3CCCC3)ccc2Cl)c1. The summed E-state index contributed by atoms with van der Waals surface area (Å²) in [5, 5.41) is 2.77. The van der Waals surface area contributed by atoms with E-state index < -0.39 is 26.0 Å². The first-order valence-corrected chi connectivity index (χ1v) is 14.7. The van der Waals surface area contributed by atoms with Crippen LogP contribution in [0.4, 0.5) is 11.4 Å². The first-order valence-electron chi connectivity index (χ1n) is 11.4. The van der Waals surface area contributed by atoms with E-state index in [4.69, 9.17) is 16.3 Å². The zero-order chi connectivity index (χ0) is 26.8. The van der Waals surface area contributed by atoms with E-state index >= 15 is 0 Å². The molecule has 196 valence electrons. The van der Waals surface area contributed by atoms with E-state index in [1.54, 1.807) is 31.2 Å². The number of benzene rings is 3. The van der Waals surface area contributed by atoms with Crippen molar-refractivity contribution >= 4 is 48.9 Å². The molecule has 1 fully saturated rings. The number of hydrogen-bond donors (Lipinski definition) is 2. The molecule has 1 aliphatic rings. The number of ether oxygens (including phenoxy) is 1. The fourth-order valence-electron chi connectivity index (χ4n) is 3.97. The van der Waals surface area contributed by atoms with Gasteiger partial charge >= 0.3 is 0 Å². The molecule has 1 aliphatic heterocycles. The Labute approximate surface area is 221 Å². The lowest BCUT2D eigenvalue weighted by molar-refractivity contribution is 0.102. The Balaban J connectivity index is 1.61. The van der Waals surface area contributed by atoms with Crippen molar-refractivity contribution in [1.82, 2.24) is 4.31 Å². The third-order valence-electron chi connectivity index (χ3n) is 6.00. The molecular formula is C25H26ClN3O6S2. The zero-order valence-corrected chi connectivity index (χ0v) is 22.6. The highest BCUT2D eigenvalue weighted by molar-refractivity contribution is 7.92. The Morgan fingerprint density at radius 3 is 2.30 bits per heavy atom. The number of carbonyl (C=O) groups is 1. The van der Waals surface area contributed by atoms with Crippen molar-refractivity contribution in [2.24, 2.45) is 0 Å². The molecular weight excluding hydrogens is 538 g/mol. The normalized spacial score (nSPS) is 14.4. The van der Waals surface area contributed by atoms with Crippen molar-refractivity contribution in [2.75, 3.05) is 30.2 Å². The van der Waals surface area contributed by atoms with Crippen LogP contribution in [-0.4, -0.2) is 47.2 Å². The van der Waals surface area contributed by atoms with Crippen LogP contribution in [0.1, 0.15) is 28.8 Å². The fourth-order valence-corrected chi connectivity index (χ4v) is 6.78. The van der Waals surface area contributed by atoms with Gasteiger partial charge in [-0.25, -0.2) is 16.8 Å². The van der Waals surface area contributed by atoms with Crippen molar-refractivity contribution in [3.8, 4) is 5.75 Å². The van der Waals surface area contributed by atoms with Gasteiger partial charge in [-0.1, -0.05) is 29.8 Å². The van der Waals surface area contributed by atoms with Crippen LogP contribution in [-0.2, 0) is 20.0 Å². The van der Waals surface area contributed by atoms with Crippen LogP contribution in [0.3, 0.4) is 0 Å². The number of nitrogens with zero attached hydrogens (tertiary/aromatic N) is 1. The highest BCUT2D eigenvalue weighted by Crippen LogP contribution is 2.30. The average molecular weight is 564 g/mol. The van der Waals surface area contributed by atoms with Crippen LogP contribution in [0.5, 0.6) is 5.75 Å². The van der Waals surface area contributed by atoms with Gasteiger partial charge in [0.2, 0.25) is 10.0 Å². The summed E-state index contributed by atoms with van der Waals surface area (Å²) in [6.07, 6.45) is 1.59. The Hall–Kier alpha value is -3.12. The second-order valence-electron chi connectivity index (χ2n) is 8.49. The smallest absolute Gasteiger partial charge is 0.262 e. The number of halogens is 1. The molecule has 3 aromatic carbocycles. The van der Waals surface area contributed by atoms with Crippen LogP contribution in [0.15, 0.2) is 70.5 Å². The fraction of sp³-hybridized carbons (Fsp3) is 0.240. The maximum Gasteiger partial charge on any atom is 0.262 e. The molecule has 0 spiro atoms. The van der Waals surface area contributed by atoms with Crippen molar-refractivity contribution in [3.05, 3.63) is 76.8 Å². The van der Waals surface area contributed by atoms with Crippen molar-refractivity contribution in [1.29, 1.82) is 0 Å². The number of methoxy groups -OCH3 is 1. The van der Waals surface area contributed by atoms with E-state index in [0.29, 0.717) is 24.4 Å². The van der Waals surface area contributed by atoms with E-state index in [-0.39, 0.29) is 31.8 Å². The summed E-state index contributed by atoms with van der Waals surface area (Å²) in [5.41, 5.74) is 0.962. The molecule has 4 rings (SSSR count). The minimum atomic E-state index is -4.06. The minimum Gasteiger partial charge on any atom is -0.495 e. The monoisotopic (exact) mass is 563 g/mol. The van der Waals surface area contributed by atoms with Crippen molar-refractivity contribution < 1.29 is 26.4 Å². The van der Waals surface area contributed by atoms with Crippen LogP contribution >= 0.6 is 11.6 Å². The van der Waals surface area contributed by atoms with Crippen LogP contribution < -0.4 is 14.8 Å². The van der Waals surface area contributed by atoms with Gasteiger partial charge in [0, 0.05) is 18.7 Å². The van der Waals surface area contributed by atoms with E-state index in [1.807, 2.05) is 0 Å². The third kappa shape index (κ3) is 5.74. The summed E-state index contributed by atoms with van der Waals surface area (Å²) in [4.78, 5) is 13.1. The molecule has 2 N–H and O–H groups in total. The molecule has 1 heterocycles. The predicted octanol–water partition coefficient (Wildman–Crippen LogP) is 4.49. The molecule has 0 aliphatic carbocycles. The lowest BCUT2D eigenvalue weighted by atomic mass is 10.1. The van der Waals surface area contributed by atoms with E-state index in [2.05, 4.69) is 10.0 Å². The predicted molar refractivity (Wildman–Crippen MR) is 142 cm³/mol. The Morgan fingerprint density at radius 1 is 0.919 bits per heavy atom. The first-order chi connectivity index (χ1) is 17.5. The Morgan fingerprint density at radius 2 is 1.59 bits per heavy atom. The summed E-state index contributed by atoms with van der Waals surface area (Å²) >= 11 is 6.26. The van der Waals surface area contributed by atoms with E-state index in [1.165, 1.54) is 47.8 Å². The minimum absolute atomic E-state index is 0.0168. The highest BCUT2D eigenvalue weighted by Gasteiger charge is 2.28. The number of aryl methyl sites for hydroxylation is 1. The molecule has 0 atom stereocenters. The van der Waals surface area contributed by atoms with Gasteiger partial charge in [-0.2, -0.15) is 4.31 Å². The number of rotatable bonds is 8. The van der Waals surface area contributed by atoms with E-state index in [9.17, 15) is 21.6 Å². The molecule has 9 nitrogen and oxygen atoms in total. The van der Waals surface area contributed by atoms with Gasteiger partial charge in [0.15, 0.2) is 0 Å². The molecule has 0 aromatic heterocycles. The molecule has 3 aromatic rings. The van der Waals surface area contributed by atoms with Crippen LogP contribution in [0.2, 0.25) is 5.02 Å². The van der Waals surface area contributed by atoms with Crippen LogP contribution in [0.25, 0.3) is 0 Å². The van der Waals surface area contributed by atoms with Gasteiger partial charge in [-0.05, 0) is 67.8 Å². The van der Waals surface area contributed by atoms with Crippen LogP contribution in [0, 0.1) is 6.92 Å². The second kappa shape index (κ2) is 10.7. The Kier molecular flexibility index (Phi) is 7.79. The van der Waals surface area contributed by atoms with Gasteiger partial charge in [0.05, 0.1) is 33.3 Å². The number of sulfonamides is 2. The summed E-state index contributed by atoms with van der Waals surface area (Å²) in [5.74, 6) is -0.293. The van der Waals surface area contributed by atoms with Gasteiger partial charge in [-0.15, -0.1) is 0 Å². The quantitative estimate of drug-likeness (QED) is 0.416. The topological polar surface area (TPSA) is 122 Å². The summed E-state index contributed by atoms with van der Waals surface area (Å²) in [6, 6.07) is 14.8. The zero-order valence-electron chi connectivity index (χ0n) is 20.2. The number of para-hydroxylation sites is 2. The molecule has 1 amide bonds. The van der Waals surface area contributed by atoms with Gasteiger partial charge in [0.1, 0.15) is 5.75 Å². The van der Waals surface area contributed by atoms with E-state index in [0.717, 1.165) is 12.8 Å². The number of nitrogens with one attached hydrogen (secondary N) is 2. The molecule has 0 bridgehead atoms. The number of anilines is 2. The number of amides is 1. The standard InChI is InChI=1S/C25H26ClN3O6S2/c1-17-9-10-18(36(31,32)28-22-7-3-4-8-24(22)35-2)15-20(17)25(30)27-23-16-19(11-12-21(23)26)37(33,34)29-13-5-6-14-29/h3-4,7-12,15-16,28H,5-6,13-14H2,1-2H3,(H,27,30). The second-order valence-corrected chi connectivity index (χ2v) is 12.5. The summed E-state index contributed by atoms with van der Waals surface area (Å²) in [7, 11) is -6.35. The third-order valence-corrected chi connectivity index (χ3v) is 9.59. The molecule has 37 heavy (non-hydrogen) atoms. The van der Waals surface area contributed by atoms with Crippen molar-refractivity contribution in [2.45, 2.75) is 29.6 Å². The molecule has 1 saturated heterocycles. The van der Waals surface area contributed by atoms with Crippen molar-refractivity contribution in [3.63, 3.8) is 0 Å². The molecule has 0 unspecified atom stereocenters. The first kappa shape index (κ1) is 26.9. The van der Waals surface area contributed by atoms with Gasteiger partial charge in [-0.3, -0.25) is 9.52 Å².